The minimum Gasteiger partial charge on any atom is -0.494 e. The van der Waals surface area contributed by atoms with Crippen molar-refractivity contribution in [2.75, 3.05) is 13.7 Å². The number of benzene rings is 1. The molecule has 0 amide bonds. The van der Waals surface area contributed by atoms with Gasteiger partial charge in [-0.1, -0.05) is 25.5 Å². The van der Waals surface area contributed by atoms with E-state index in [-0.39, 0.29) is 5.82 Å². The first kappa shape index (κ1) is 13.3. The second-order valence-corrected chi connectivity index (χ2v) is 5.29. The summed E-state index contributed by atoms with van der Waals surface area (Å²) in [6.45, 7) is 3.80. The van der Waals surface area contributed by atoms with Crippen LogP contribution in [0.4, 0.5) is 4.39 Å². The first-order valence-corrected chi connectivity index (χ1v) is 6.73. The molecule has 1 N–H and O–H groups in total. The van der Waals surface area contributed by atoms with E-state index in [4.69, 9.17) is 4.74 Å². The molecule has 1 saturated carbocycles. The van der Waals surface area contributed by atoms with Crippen LogP contribution in [0.15, 0.2) is 18.2 Å². The van der Waals surface area contributed by atoms with Crippen LogP contribution in [-0.2, 0) is 6.54 Å². The van der Waals surface area contributed by atoms with Crippen LogP contribution < -0.4 is 10.1 Å². The Morgan fingerprint density at radius 1 is 1.39 bits per heavy atom. The third-order valence-electron chi connectivity index (χ3n) is 3.82. The highest BCUT2D eigenvalue weighted by atomic mass is 19.1. The van der Waals surface area contributed by atoms with Gasteiger partial charge in [-0.2, -0.15) is 0 Å². The molecule has 0 atom stereocenters. The van der Waals surface area contributed by atoms with Gasteiger partial charge in [-0.3, -0.25) is 0 Å². The quantitative estimate of drug-likeness (QED) is 0.800. The van der Waals surface area contributed by atoms with E-state index in [0.717, 1.165) is 6.54 Å². The highest BCUT2D eigenvalue weighted by Crippen LogP contribution is 2.48. The summed E-state index contributed by atoms with van der Waals surface area (Å²) in [7, 11) is 1.50. The van der Waals surface area contributed by atoms with Crippen LogP contribution in [0.2, 0.25) is 0 Å². The van der Waals surface area contributed by atoms with Gasteiger partial charge < -0.3 is 10.1 Å². The van der Waals surface area contributed by atoms with Gasteiger partial charge in [0.25, 0.3) is 0 Å². The average molecular weight is 251 g/mol. The SMILES string of the molecule is CCCC1(CNCc2cccc(OC)c2F)CC1. The summed E-state index contributed by atoms with van der Waals surface area (Å²) >= 11 is 0. The van der Waals surface area contributed by atoms with Gasteiger partial charge in [0, 0.05) is 18.7 Å². The van der Waals surface area contributed by atoms with Gasteiger partial charge in [-0.15, -0.1) is 0 Å². The number of hydrogen-bond acceptors (Lipinski definition) is 2. The Morgan fingerprint density at radius 3 is 2.78 bits per heavy atom. The molecule has 0 spiro atoms. The zero-order valence-corrected chi connectivity index (χ0v) is 11.3. The maximum Gasteiger partial charge on any atom is 0.169 e. The predicted octanol–water partition coefficient (Wildman–Crippen LogP) is 3.50. The second kappa shape index (κ2) is 5.70. The van der Waals surface area contributed by atoms with Gasteiger partial charge >= 0.3 is 0 Å². The molecule has 100 valence electrons. The van der Waals surface area contributed by atoms with Crippen molar-refractivity contribution in [1.82, 2.24) is 5.32 Å². The fourth-order valence-electron chi connectivity index (χ4n) is 2.54. The lowest BCUT2D eigenvalue weighted by molar-refractivity contribution is 0.380. The number of rotatable bonds is 7. The molecular weight excluding hydrogens is 229 g/mol. The fraction of sp³-hybridized carbons (Fsp3) is 0.600. The molecule has 2 rings (SSSR count). The van der Waals surface area contributed by atoms with E-state index in [9.17, 15) is 4.39 Å². The van der Waals surface area contributed by atoms with Crippen molar-refractivity contribution in [2.24, 2.45) is 5.41 Å². The predicted molar refractivity (Wildman–Crippen MR) is 71.2 cm³/mol. The minimum absolute atomic E-state index is 0.243. The lowest BCUT2D eigenvalue weighted by Crippen LogP contribution is -2.24. The summed E-state index contributed by atoms with van der Waals surface area (Å²) in [5, 5.41) is 3.39. The third-order valence-corrected chi connectivity index (χ3v) is 3.82. The van der Waals surface area contributed by atoms with Crippen LogP contribution in [0, 0.1) is 11.2 Å². The van der Waals surface area contributed by atoms with E-state index in [1.807, 2.05) is 12.1 Å². The maximum atomic E-state index is 13.9. The van der Waals surface area contributed by atoms with E-state index in [0.29, 0.717) is 23.3 Å². The van der Waals surface area contributed by atoms with Crippen molar-refractivity contribution >= 4 is 0 Å². The Balaban J connectivity index is 1.87. The molecular formula is C15H22FNO. The first-order valence-electron chi connectivity index (χ1n) is 6.73. The van der Waals surface area contributed by atoms with Gasteiger partial charge in [-0.05, 0) is 30.7 Å². The standard InChI is InChI=1S/C15H22FNO/c1-3-7-15(8-9-15)11-17-10-12-5-4-6-13(18-2)14(12)16/h4-6,17H,3,7-11H2,1-2H3. The normalized spacial score (nSPS) is 16.6. The summed E-state index contributed by atoms with van der Waals surface area (Å²) < 4.78 is 18.9. The summed E-state index contributed by atoms with van der Waals surface area (Å²) in [6.07, 6.45) is 5.14. The average Bonchev–Trinajstić information content (AvgIpc) is 3.12. The molecule has 3 heteroatoms. The van der Waals surface area contributed by atoms with Crippen LogP contribution in [0.25, 0.3) is 0 Å². The van der Waals surface area contributed by atoms with Crippen molar-refractivity contribution in [3.8, 4) is 5.75 Å². The van der Waals surface area contributed by atoms with Gasteiger partial charge in [0.2, 0.25) is 0 Å². The molecule has 1 aliphatic carbocycles. The van der Waals surface area contributed by atoms with E-state index in [1.165, 1.54) is 32.8 Å². The van der Waals surface area contributed by atoms with Crippen LogP contribution in [-0.4, -0.2) is 13.7 Å². The lowest BCUT2D eigenvalue weighted by Gasteiger charge is -2.15. The Bertz CT molecular complexity index is 401. The van der Waals surface area contributed by atoms with Crippen molar-refractivity contribution in [3.63, 3.8) is 0 Å². The molecule has 0 radical (unpaired) electrons. The zero-order valence-electron chi connectivity index (χ0n) is 11.3. The molecule has 1 fully saturated rings. The van der Waals surface area contributed by atoms with Gasteiger partial charge in [0.1, 0.15) is 0 Å². The smallest absolute Gasteiger partial charge is 0.169 e. The monoisotopic (exact) mass is 251 g/mol. The van der Waals surface area contributed by atoms with Crippen LogP contribution in [0.3, 0.4) is 0 Å². The first-order chi connectivity index (χ1) is 8.71. The lowest BCUT2D eigenvalue weighted by atomic mass is 10.0. The highest BCUT2D eigenvalue weighted by molar-refractivity contribution is 5.30. The molecule has 0 heterocycles. The third kappa shape index (κ3) is 3.02. The number of nitrogens with one attached hydrogen (secondary N) is 1. The molecule has 0 aliphatic heterocycles. The second-order valence-electron chi connectivity index (χ2n) is 5.29. The van der Waals surface area contributed by atoms with Gasteiger partial charge in [-0.25, -0.2) is 4.39 Å². The Morgan fingerprint density at radius 2 is 2.17 bits per heavy atom. The van der Waals surface area contributed by atoms with Crippen molar-refractivity contribution < 1.29 is 9.13 Å². The molecule has 1 aliphatic rings. The molecule has 0 unspecified atom stereocenters. The molecule has 1 aromatic carbocycles. The number of methoxy groups -OCH3 is 1. The molecule has 2 nitrogen and oxygen atoms in total. The fourth-order valence-corrected chi connectivity index (χ4v) is 2.54. The van der Waals surface area contributed by atoms with Crippen molar-refractivity contribution in [1.29, 1.82) is 0 Å². The maximum absolute atomic E-state index is 13.9. The molecule has 0 aromatic heterocycles. The summed E-state index contributed by atoms with van der Waals surface area (Å²) in [6, 6.07) is 5.29. The summed E-state index contributed by atoms with van der Waals surface area (Å²) in [5.74, 6) is 0.0804. The molecule has 1 aromatic rings. The van der Waals surface area contributed by atoms with Crippen LogP contribution >= 0.6 is 0 Å². The largest absolute Gasteiger partial charge is 0.494 e. The van der Waals surface area contributed by atoms with Gasteiger partial charge in [0.15, 0.2) is 11.6 Å². The topological polar surface area (TPSA) is 21.3 Å². The number of halogens is 1. The Hall–Kier alpha value is -1.09. The molecule has 0 saturated heterocycles. The van der Waals surface area contributed by atoms with E-state index in [2.05, 4.69) is 12.2 Å². The van der Waals surface area contributed by atoms with Crippen molar-refractivity contribution in [2.45, 2.75) is 39.2 Å². The van der Waals surface area contributed by atoms with E-state index >= 15 is 0 Å². The van der Waals surface area contributed by atoms with Gasteiger partial charge in [0.05, 0.1) is 7.11 Å². The van der Waals surface area contributed by atoms with Crippen LogP contribution in [0.5, 0.6) is 5.75 Å². The molecule has 0 bridgehead atoms. The minimum atomic E-state index is -0.243. The number of hydrogen-bond donors (Lipinski definition) is 1. The van der Waals surface area contributed by atoms with Crippen molar-refractivity contribution in [3.05, 3.63) is 29.6 Å². The van der Waals surface area contributed by atoms with E-state index in [1.54, 1.807) is 6.07 Å². The van der Waals surface area contributed by atoms with E-state index < -0.39 is 0 Å². The molecule has 18 heavy (non-hydrogen) atoms. The number of ether oxygens (including phenoxy) is 1. The van der Waals surface area contributed by atoms with Crippen LogP contribution in [0.1, 0.15) is 38.2 Å². The summed E-state index contributed by atoms with van der Waals surface area (Å²) in [5.41, 5.74) is 1.19. The summed E-state index contributed by atoms with van der Waals surface area (Å²) in [4.78, 5) is 0. The highest BCUT2D eigenvalue weighted by Gasteiger charge is 2.40. The Kier molecular flexibility index (Phi) is 4.23. The Labute approximate surface area is 109 Å². The zero-order chi connectivity index (χ0) is 13.0.